The van der Waals surface area contributed by atoms with Crippen LogP contribution in [0.5, 0.6) is 0 Å². The maximum absolute atomic E-state index is 12.6. The van der Waals surface area contributed by atoms with E-state index in [-0.39, 0.29) is 32.6 Å². The van der Waals surface area contributed by atoms with Crippen molar-refractivity contribution in [2.24, 2.45) is 5.73 Å². The van der Waals surface area contributed by atoms with Crippen LogP contribution in [0.15, 0.2) is 36.5 Å². The van der Waals surface area contributed by atoms with Gasteiger partial charge in [-0.25, -0.2) is 4.57 Å². The van der Waals surface area contributed by atoms with Gasteiger partial charge in [0.2, 0.25) is 0 Å². The number of phosphoric ester groups is 1. The second-order valence-corrected chi connectivity index (χ2v) is 17.5. The van der Waals surface area contributed by atoms with Crippen molar-refractivity contribution in [1.29, 1.82) is 0 Å². The van der Waals surface area contributed by atoms with Crippen LogP contribution in [0.3, 0.4) is 0 Å². The van der Waals surface area contributed by atoms with Gasteiger partial charge in [-0.1, -0.05) is 179 Å². The fraction of sp³-hybridized carbons (Fsp3) is 0.830. The van der Waals surface area contributed by atoms with Gasteiger partial charge in [-0.15, -0.1) is 0 Å². The van der Waals surface area contributed by atoms with Crippen molar-refractivity contribution in [3.63, 3.8) is 0 Å². The number of hydrogen-bond acceptors (Lipinski definition) is 9. The summed E-state index contributed by atoms with van der Waals surface area (Å²) in [6.45, 7) is 3.65. The highest BCUT2D eigenvalue weighted by Gasteiger charge is 2.36. The van der Waals surface area contributed by atoms with Crippen molar-refractivity contribution in [2.75, 3.05) is 26.4 Å². The first kappa shape index (κ1) is 54.2. The molecule has 0 radical (unpaired) electrons. The number of epoxide rings is 1. The summed E-state index contributed by atoms with van der Waals surface area (Å²) in [5.41, 5.74) is 5.35. The van der Waals surface area contributed by atoms with Crippen LogP contribution in [0, 0.1) is 0 Å². The molecule has 10 nitrogen and oxygen atoms in total. The highest BCUT2D eigenvalue weighted by Crippen LogP contribution is 2.43. The van der Waals surface area contributed by atoms with E-state index in [4.69, 9.17) is 29.0 Å². The van der Waals surface area contributed by atoms with E-state index in [1.807, 2.05) is 6.08 Å². The van der Waals surface area contributed by atoms with Crippen molar-refractivity contribution >= 4 is 19.8 Å². The maximum Gasteiger partial charge on any atom is 0.472 e. The molecule has 0 amide bonds. The van der Waals surface area contributed by atoms with Gasteiger partial charge in [0.1, 0.15) is 6.61 Å². The molecule has 338 valence electrons. The number of unbranched alkanes of at least 4 members (excludes halogenated alkanes) is 22. The Labute approximate surface area is 354 Å². The van der Waals surface area contributed by atoms with Gasteiger partial charge in [0.15, 0.2) is 6.10 Å². The van der Waals surface area contributed by atoms with Gasteiger partial charge in [-0.2, -0.15) is 0 Å². The molecule has 1 aliphatic rings. The van der Waals surface area contributed by atoms with Crippen molar-refractivity contribution < 1.29 is 42.3 Å². The Bertz CT molecular complexity index is 1110. The second kappa shape index (κ2) is 39.3. The molecule has 0 aromatic rings. The van der Waals surface area contributed by atoms with Gasteiger partial charge in [0, 0.05) is 19.4 Å². The number of hydrogen-bond donors (Lipinski definition) is 2. The first-order valence-corrected chi connectivity index (χ1v) is 25.1. The minimum atomic E-state index is -4.40. The zero-order valence-electron chi connectivity index (χ0n) is 37.0. The Morgan fingerprint density at radius 3 is 1.64 bits per heavy atom. The SMILES string of the molecule is CCCCC/C=C\CC1OC1C/C=C\C/C=C\CCCC(=O)O[C@H](COC(=O)CCCCCCCCCCCCCCCCCCCCC)COP(=O)(O)OCCN. The molecule has 0 bridgehead atoms. The van der Waals surface area contributed by atoms with Crippen molar-refractivity contribution in [1.82, 2.24) is 0 Å². The van der Waals surface area contributed by atoms with Gasteiger partial charge < -0.3 is 24.8 Å². The van der Waals surface area contributed by atoms with Crippen LogP contribution < -0.4 is 5.73 Å². The first-order valence-electron chi connectivity index (χ1n) is 23.6. The molecule has 1 aliphatic heterocycles. The normalized spacial score (nSPS) is 17.0. The topological polar surface area (TPSA) is 147 Å². The highest BCUT2D eigenvalue weighted by molar-refractivity contribution is 7.47. The summed E-state index contributed by atoms with van der Waals surface area (Å²) < 4.78 is 38.6. The number of esters is 2. The molecule has 1 fully saturated rings. The third-order valence-electron chi connectivity index (χ3n) is 10.4. The minimum absolute atomic E-state index is 0.0430. The van der Waals surface area contributed by atoms with E-state index in [9.17, 15) is 19.0 Å². The van der Waals surface area contributed by atoms with Gasteiger partial charge in [-0.3, -0.25) is 18.6 Å². The fourth-order valence-corrected chi connectivity index (χ4v) is 7.55. The molecule has 1 heterocycles. The Balaban J connectivity index is 2.17. The third-order valence-corrected chi connectivity index (χ3v) is 11.4. The zero-order chi connectivity index (χ0) is 42.2. The van der Waals surface area contributed by atoms with Crippen LogP contribution in [-0.4, -0.2) is 61.5 Å². The molecule has 0 spiro atoms. The zero-order valence-corrected chi connectivity index (χ0v) is 37.9. The molecule has 3 N–H and O–H groups in total. The number of nitrogens with two attached hydrogens (primary N) is 1. The van der Waals surface area contributed by atoms with E-state index < -0.39 is 32.5 Å². The van der Waals surface area contributed by atoms with E-state index in [0.29, 0.717) is 25.0 Å². The van der Waals surface area contributed by atoms with Crippen LogP contribution >= 0.6 is 7.82 Å². The molecule has 1 rings (SSSR count). The van der Waals surface area contributed by atoms with Gasteiger partial charge in [0.25, 0.3) is 0 Å². The molecular weight excluding hydrogens is 753 g/mol. The van der Waals surface area contributed by atoms with Gasteiger partial charge >= 0.3 is 19.8 Å². The summed E-state index contributed by atoms with van der Waals surface area (Å²) in [7, 11) is -4.40. The average molecular weight is 840 g/mol. The number of phosphoric acid groups is 1. The molecular formula is C47H86NO9P. The third kappa shape index (κ3) is 36.1. The summed E-state index contributed by atoms with van der Waals surface area (Å²) in [5, 5.41) is 0. The number of ether oxygens (including phenoxy) is 3. The predicted molar refractivity (Wildman–Crippen MR) is 238 cm³/mol. The molecule has 0 aliphatic carbocycles. The lowest BCUT2D eigenvalue weighted by atomic mass is 10.0. The predicted octanol–water partition coefficient (Wildman–Crippen LogP) is 12.7. The summed E-state index contributed by atoms with van der Waals surface area (Å²) in [6.07, 6.45) is 46.4. The van der Waals surface area contributed by atoms with Crippen LogP contribution in [0.25, 0.3) is 0 Å². The molecule has 0 aromatic heterocycles. The number of rotatable bonds is 43. The minimum Gasteiger partial charge on any atom is -0.462 e. The molecule has 0 saturated carbocycles. The summed E-state index contributed by atoms with van der Waals surface area (Å²) in [5.74, 6) is -0.893. The second-order valence-electron chi connectivity index (χ2n) is 16.0. The standard InChI is InChI=1S/C47H86NO9P/c1-3-5-7-9-11-12-13-14-15-16-17-18-19-20-21-22-25-29-33-37-46(49)53-41-43(42-55-58(51,52)54-40-39-48)56-47(50)38-34-30-26-23-24-28-32-36-45-44(57-45)35-31-27-10-8-6-4-2/h23,26-28,31-32,43-45H,3-22,24-25,29-30,33-42,48H2,1-2H3,(H,51,52)/b26-23-,31-27-,32-28-/t43-,44?,45?/m1/s1. The Morgan fingerprint density at radius 1 is 0.603 bits per heavy atom. The summed E-state index contributed by atoms with van der Waals surface area (Å²) in [4.78, 5) is 35.0. The molecule has 1 saturated heterocycles. The average Bonchev–Trinajstić information content (AvgIpc) is 3.97. The van der Waals surface area contributed by atoms with Crippen LogP contribution in [0.4, 0.5) is 0 Å². The monoisotopic (exact) mass is 840 g/mol. The van der Waals surface area contributed by atoms with E-state index in [1.54, 1.807) is 0 Å². The van der Waals surface area contributed by atoms with Crippen molar-refractivity contribution in [2.45, 2.75) is 225 Å². The number of carbonyl (C=O) groups is 2. The first-order chi connectivity index (χ1) is 28.3. The molecule has 58 heavy (non-hydrogen) atoms. The van der Waals surface area contributed by atoms with E-state index in [2.05, 4.69) is 44.2 Å². The summed E-state index contributed by atoms with van der Waals surface area (Å²) >= 11 is 0. The molecule has 4 atom stereocenters. The lowest BCUT2D eigenvalue weighted by molar-refractivity contribution is -0.161. The quantitative estimate of drug-likeness (QED) is 0.0200. The van der Waals surface area contributed by atoms with Gasteiger partial charge in [-0.05, 0) is 51.4 Å². The lowest BCUT2D eigenvalue weighted by Crippen LogP contribution is -2.29. The largest absolute Gasteiger partial charge is 0.472 e. The van der Waals surface area contributed by atoms with Crippen molar-refractivity contribution in [3.8, 4) is 0 Å². The molecule has 3 unspecified atom stereocenters. The Hall–Kier alpha value is -1.81. The van der Waals surface area contributed by atoms with Crippen LogP contribution in [0.2, 0.25) is 0 Å². The van der Waals surface area contributed by atoms with Crippen LogP contribution in [0.1, 0.15) is 206 Å². The summed E-state index contributed by atoms with van der Waals surface area (Å²) in [6, 6.07) is 0. The van der Waals surface area contributed by atoms with Gasteiger partial charge in [0.05, 0.1) is 25.4 Å². The fourth-order valence-electron chi connectivity index (χ4n) is 6.79. The smallest absolute Gasteiger partial charge is 0.462 e. The van der Waals surface area contributed by atoms with E-state index in [1.165, 1.54) is 122 Å². The van der Waals surface area contributed by atoms with E-state index in [0.717, 1.165) is 44.9 Å². The molecule has 11 heteroatoms. The van der Waals surface area contributed by atoms with E-state index >= 15 is 0 Å². The van der Waals surface area contributed by atoms with Crippen molar-refractivity contribution in [3.05, 3.63) is 36.5 Å². The Morgan fingerprint density at radius 2 is 1.07 bits per heavy atom. The number of carbonyl (C=O) groups excluding carboxylic acids is 2. The van der Waals surface area contributed by atoms with Crippen LogP contribution in [-0.2, 0) is 37.4 Å². The Kier molecular flexibility index (Phi) is 36.8. The molecule has 0 aromatic carbocycles. The maximum atomic E-state index is 12.6. The number of allylic oxidation sites excluding steroid dienone is 4. The lowest BCUT2D eigenvalue weighted by Gasteiger charge is -2.19. The highest BCUT2D eigenvalue weighted by atomic mass is 31.2.